The van der Waals surface area contributed by atoms with Gasteiger partial charge in [-0.15, -0.1) is 0 Å². The van der Waals surface area contributed by atoms with Gasteiger partial charge in [-0.2, -0.15) is 4.31 Å². The summed E-state index contributed by atoms with van der Waals surface area (Å²) in [5, 5.41) is 29.2. The molecule has 47 heavy (non-hydrogen) atoms. The van der Waals surface area contributed by atoms with Crippen LogP contribution < -0.4 is 10.6 Å². The highest BCUT2D eigenvalue weighted by Crippen LogP contribution is 2.36. The molecule has 0 aromatic heterocycles. The van der Waals surface area contributed by atoms with Crippen LogP contribution in [0.25, 0.3) is 0 Å². The minimum atomic E-state index is -3.73. The van der Waals surface area contributed by atoms with Crippen LogP contribution in [0.3, 0.4) is 0 Å². The van der Waals surface area contributed by atoms with Gasteiger partial charge >= 0.3 is 0 Å². The van der Waals surface area contributed by atoms with Crippen molar-refractivity contribution >= 4 is 38.7 Å². The zero-order chi connectivity index (χ0) is 34.1. The molecule has 0 saturated carbocycles. The second-order valence-corrected chi connectivity index (χ2v) is 13.9. The number of rotatable bonds is 22. The summed E-state index contributed by atoms with van der Waals surface area (Å²) in [4.78, 5) is 35.3. The van der Waals surface area contributed by atoms with Crippen LogP contribution in [-0.2, 0) is 14.8 Å². The van der Waals surface area contributed by atoms with Gasteiger partial charge in [-0.1, -0.05) is 90.4 Å². The fraction of sp³-hybridized carbons (Fsp3) is 0.606. The van der Waals surface area contributed by atoms with Crippen molar-refractivity contribution in [2.45, 2.75) is 102 Å². The number of anilines is 2. The van der Waals surface area contributed by atoms with Crippen molar-refractivity contribution in [3.05, 3.63) is 62.2 Å². The maximum Gasteiger partial charge on any atom is 0.300 e. The summed E-state index contributed by atoms with van der Waals surface area (Å²) in [6.07, 6.45) is 16.7. The van der Waals surface area contributed by atoms with Crippen LogP contribution in [0, 0.1) is 20.2 Å². The summed E-state index contributed by atoms with van der Waals surface area (Å²) in [5.41, 5.74) is -1.41. The number of unbranched alkanes of at least 4 members (excludes halogenated alkanes) is 13. The fourth-order valence-electron chi connectivity index (χ4n) is 5.59. The number of hydrogen-bond donors (Lipinski definition) is 2. The van der Waals surface area contributed by atoms with Gasteiger partial charge in [0.1, 0.15) is 0 Å². The highest BCUT2D eigenvalue weighted by Gasteiger charge is 2.29. The molecule has 0 bridgehead atoms. The van der Waals surface area contributed by atoms with Gasteiger partial charge in [0.2, 0.25) is 10.0 Å². The zero-order valence-electron chi connectivity index (χ0n) is 27.4. The van der Waals surface area contributed by atoms with Crippen LogP contribution in [0.2, 0.25) is 0 Å². The first-order valence-corrected chi connectivity index (χ1v) is 18.3. The molecule has 1 saturated heterocycles. The number of carbonyl (C=O) groups is 1. The van der Waals surface area contributed by atoms with Crippen LogP contribution in [0.15, 0.2) is 41.3 Å². The molecule has 0 aliphatic carbocycles. The van der Waals surface area contributed by atoms with Gasteiger partial charge in [0, 0.05) is 37.5 Å². The van der Waals surface area contributed by atoms with E-state index in [9.17, 15) is 33.4 Å². The highest BCUT2D eigenvalue weighted by molar-refractivity contribution is 7.89. The summed E-state index contributed by atoms with van der Waals surface area (Å²) in [7, 11) is -3.73. The molecule has 1 heterocycles. The third-order valence-corrected chi connectivity index (χ3v) is 10.2. The molecule has 2 aromatic rings. The SMILES string of the molecule is CCCCCCCCCCCCCCCCNc1c([N+](=O)[O-])cc(C(=O)Nc2ccc(S(=O)(=O)N3CCOCC3)cc2)cc1[N+](=O)[O-]. The van der Waals surface area contributed by atoms with E-state index >= 15 is 0 Å². The van der Waals surface area contributed by atoms with Crippen molar-refractivity contribution in [2.75, 3.05) is 43.5 Å². The number of nitro benzene ring substituents is 2. The molecular formula is C33H49N5O8S. The Balaban J connectivity index is 1.50. The third kappa shape index (κ3) is 12.2. The molecular weight excluding hydrogens is 626 g/mol. The molecule has 0 unspecified atom stereocenters. The molecule has 3 rings (SSSR count). The smallest absolute Gasteiger partial charge is 0.300 e. The second-order valence-electron chi connectivity index (χ2n) is 11.9. The summed E-state index contributed by atoms with van der Waals surface area (Å²) in [6.45, 7) is 3.64. The van der Waals surface area contributed by atoms with E-state index < -0.39 is 37.2 Å². The Kier molecular flexibility index (Phi) is 16.0. The number of nitrogens with zero attached hydrogens (tertiary/aromatic N) is 3. The summed E-state index contributed by atoms with van der Waals surface area (Å²) in [6, 6.07) is 7.48. The van der Waals surface area contributed by atoms with Crippen LogP contribution in [-0.4, -0.2) is 61.3 Å². The van der Waals surface area contributed by atoms with Crippen molar-refractivity contribution in [2.24, 2.45) is 0 Å². The predicted octanol–water partition coefficient (Wildman–Crippen LogP) is 7.67. The Bertz CT molecular complexity index is 1380. The van der Waals surface area contributed by atoms with E-state index in [4.69, 9.17) is 4.74 Å². The lowest BCUT2D eigenvalue weighted by molar-refractivity contribution is -0.392. The Morgan fingerprint density at radius 3 is 1.72 bits per heavy atom. The van der Waals surface area contributed by atoms with Crippen molar-refractivity contribution in [1.29, 1.82) is 0 Å². The average molecular weight is 676 g/mol. The lowest BCUT2D eigenvalue weighted by Gasteiger charge is -2.26. The maximum absolute atomic E-state index is 13.0. The maximum atomic E-state index is 13.0. The zero-order valence-corrected chi connectivity index (χ0v) is 28.2. The molecule has 0 atom stereocenters. The first-order valence-electron chi connectivity index (χ1n) is 16.8. The number of amides is 1. The lowest BCUT2D eigenvalue weighted by atomic mass is 10.0. The molecule has 1 aliphatic heterocycles. The van der Waals surface area contributed by atoms with E-state index in [0.29, 0.717) is 26.2 Å². The first kappa shape index (κ1) is 37.8. The average Bonchev–Trinajstić information content (AvgIpc) is 3.06. The van der Waals surface area contributed by atoms with Gasteiger partial charge < -0.3 is 15.4 Å². The molecule has 260 valence electrons. The van der Waals surface area contributed by atoms with E-state index in [2.05, 4.69) is 17.6 Å². The largest absolute Gasteiger partial charge is 0.379 e. The Morgan fingerprint density at radius 1 is 0.787 bits per heavy atom. The summed E-state index contributed by atoms with van der Waals surface area (Å²) in [5.74, 6) is -0.807. The molecule has 2 N–H and O–H groups in total. The second kappa shape index (κ2) is 19.9. The Labute approximate surface area is 277 Å². The number of nitro groups is 2. The quantitative estimate of drug-likeness (QED) is 0.0721. The molecule has 2 aromatic carbocycles. The minimum absolute atomic E-state index is 0.0397. The Hall–Kier alpha value is -3.62. The van der Waals surface area contributed by atoms with Crippen molar-refractivity contribution in [1.82, 2.24) is 4.31 Å². The van der Waals surface area contributed by atoms with Crippen LogP contribution in [0.5, 0.6) is 0 Å². The van der Waals surface area contributed by atoms with E-state index in [0.717, 1.165) is 31.4 Å². The number of benzene rings is 2. The van der Waals surface area contributed by atoms with Gasteiger partial charge in [-0.05, 0) is 30.7 Å². The van der Waals surface area contributed by atoms with Crippen molar-refractivity contribution in [3.63, 3.8) is 0 Å². The van der Waals surface area contributed by atoms with E-state index in [1.54, 1.807) is 0 Å². The van der Waals surface area contributed by atoms with E-state index in [1.165, 1.54) is 92.8 Å². The molecule has 0 radical (unpaired) electrons. The number of nitrogens with one attached hydrogen (secondary N) is 2. The standard InChI is InChI=1S/C33H49N5O8S/c1-2-3-4-5-6-7-8-9-10-11-12-13-14-15-20-34-32-30(37(40)41)25-27(26-31(32)38(42)43)33(39)35-28-16-18-29(19-17-28)47(44,45)36-21-23-46-24-22-36/h16-19,25-26,34H,2-15,20-24H2,1H3,(H,35,39). The van der Waals surface area contributed by atoms with Gasteiger partial charge in [0.25, 0.3) is 17.3 Å². The first-order chi connectivity index (χ1) is 22.6. The van der Waals surface area contributed by atoms with Gasteiger partial charge in [-0.25, -0.2) is 8.42 Å². The predicted molar refractivity (Wildman–Crippen MR) is 183 cm³/mol. The van der Waals surface area contributed by atoms with Crippen LogP contribution >= 0.6 is 0 Å². The molecule has 1 amide bonds. The van der Waals surface area contributed by atoms with E-state index in [1.807, 2.05) is 0 Å². The molecule has 0 spiro atoms. The minimum Gasteiger partial charge on any atom is -0.379 e. The fourth-order valence-corrected chi connectivity index (χ4v) is 7.00. The van der Waals surface area contributed by atoms with Crippen LogP contribution in [0.1, 0.15) is 107 Å². The van der Waals surface area contributed by atoms with Crippen molar-refractivity contribution < 1.29 is 27.8 Å². The van der Waals surface area contributed by atoms with Gasteiger partial charge in [0.15, 0.2) is 5.69 Å². The van der Waals surface area contributed by atoms with E-state index in [-0.39, 0.29) is 34.9 Å². The van der Waals surface area contributed by atoms with Crippen LogP contribution in [0.4, 0.5) is 22.7 Å². The van der Waals surface area contributed by atoms with Gasteiger partial charge in [-0.3, -0.25) is 25.0 Å². The number of morpholine rings is 1. The number of hydrogen-bond acceptors (Lipinski definition) is 9. The molecule has 1 fully saturated rings. The molecule has 13 nitrogen and oxygen atoms in total. The van der Waals surface area contributed by atoms with Gasteiger partial charge in [0.05, 0.1) is 33.5 Å². The topological polar surface area (TPSA) is 174 Å². The monoisotopic (exact) mass is 675 g/mol. The summed E-state index contributed by atoms with van der Waals surface area (Å²) < 4.78 is 32.2. The van der Waals surface area contributed by atoms with Crippen molar-refractivity contribution in [3.8, 4) is 0 Å². The normalized spacial score (nSPS) is 13.7. The Morgan fingerprint density at radius 2 is 1.26 bits per heavy atom. The summed E-state index contributed by atoms with van der Waals surface area (Å²) >= 11 is 0. The lowest BCUT2D eigenvalue weighted by Crippen LogP contribution is -2.40. The number of carbonyl (C=O) groups excluding carboxylic acids is 1. The number of ether oxygens (including phenoxy) is 1. The molecule has 14 heteroatoms. The molecule has 1 aliphatic rings. The highest BCUT2D eigenvalue weighted by atomic mass is 32.2. The third-order valence-electron chi connectivity index (χ3n) is 8.30. The number of sulfonamides is 1.